The molecule has 1 aromatic carbocycles. The molecule has 1 heterocycles. The lowest BCUT2D eigenvalue weighted by Crippen LogP contribution is -2.46. The number of likely N-dealkylation sites (tertiary alicyclic amines) is 1. The third-order valence-electron chi connectivity index (χ3n) is 4.61. The molecule has 2 amide bonds. The minimum atomic E-state index is -0.0935. The molecular weight excluding hydrogens is 368 g/mol. The Balaban J connectivity index is 1.97. The molecule has 4 nitrogen and oxygen atoms in total. The molecule has 1 aliphatic heterocycles. The minimum absolute atomic E-state index is 0.0207. The van der Waals surface area contributed by atoms with Gasteiger partial charge < -0.3 is 10.2 Å². The summed E-state index contributed by atoms with van der Waals surface area (Å²) in [6.07, 6.45) is 4.04. The van der Waals surface area contributed by atoms with E-state index in [1.165, 1.54) is 0 Å². The second-order valence-corrected chi connectivity index (χ2v) is 7.37. The quantitative estimate of drug-likeness (QED) is 0.790. The summed E-state index contributed by atoms with van der Waals surface area (Å²) in [5, 5.41) is 3.17. The van der Waals surface area contributed by atoms with Crippen LogP contribution in [0.15, 0.2) is 28.7 Å². The second-order valence-electron chi connectivity index (χ2n) is 6.45. The molecule has 1 aromatic rings. The molecule has 132 valence electrons. The Morgan fingerprint density at radius 2 is 2.00 bits per heavy atom. The summed E-state index contributed by atoms with van der Waals surface area (Å²) in [7, 11) is 0. The smallest absolute Gasteiger partial charge is 0.225 e. The van der Waals surface area contributed by atoms with Crippen LogP contribution in [-0.2, 0) is 9.59 Å². The van der Waals surface area contributed by atoms with Crippen LogP contribution >= 0.6 is 15.9 Å². The number of hydrogen-bond donors (Lipinski definition) is 1. The van der Waals surface area contributed by atoms with Crippen LogP contribution in [0.2, 0.25) is 0 Å². The van der Waals surface area contributed by atoms with E-state index in [4.69, 9.17) is 0 Å². The monoisotopic (exact) mass is 394 g/mol. The van der Waals surface area contributed by atoms with E-state index >= 15 is 0 Å². The molecule has 0 saturated carbocycles. The van der Waals surface area contributed by atoms with Crippen molar-refractivity contribution in [3.8, 4) is 0 Å². The van der Waals surface area contributed by atoms with E-state index in [0.29, 0.717) is 13.0 Å². The topological polar surface area (TPSA) is 49.4 Å². The molecule has 0 aromatic heterocycles. The van der Waals surface area contributed by atoms with Gasteiger partial charge in [-0.1, -0.05) is 41.9 Å². The Kier molecular flexibility index (Phi) is 7.28. The van der Waals surface area contributed by atoms with Crippen molar-refractivity contribution in [1.82, 2.24) is 10.2 Å². The van der Waals surface area contributed by atoms with E-state index in [0.717, 1.165) is 42.3 Å². The van der Waals surface area contributed by atoms with E-state index in [2.05, 4.69) is 28.2 Å². The molecule has 1 saturated heterocycles. The third-order valence-corrected chi connectivity index (χ3v) is 5.13. The van der Waals surface area contributed by atoms with Crippen molar-refractivity contribution in [2.75, 3.05) is 13.1 Å². The van der Waals surface area contributed by atoms with Crippen molar-refractivity contribution < 1.29 is 9.59 Å². The Bertz CT molecular complexity index is 559. The standard InChI is InChI=1S/C19H27BrN2O2/c1-3-6-18(23)22-12-5-7-15(13-22)19(24)21-17(4-2)14-8-10-16(20)11-9-14/h8-11,15,17H,3-7,12-13H2,1-2H3,(H,21,24)/t15-,17+/m0/s1. The average molecular weight is 395 g/mol. The number of benzene rings is 1. The van der Waals surface area contributed by atoms with Crippen LogP contribution in [0.3, 0.4) is 0 Å². The van der Waals surface area contributed by atoms with Gasteiger partial charge in [0.25, 0.3) is 0 Å². The van der Waals surface area contributed by atoms with Crippen molar-refractivity contribution in [1.29, 1.82) is 0 Å². The summed E-state index contributed by atoms with van der Waals surface area (Å²) < 4.78 is 1.03. The van der Waals surface area contributed by atoms with Gasteiger partial charge in [-0.3, -0.25) is 9.59 Å². The van der Waals surface area contributed by atoms with E-state index in [-0.39, 0.29) is 23.8 Å². The molecule has 0 bridgehead atoms. The molecule has 5 heteroatoms. The number of carbonyl (C=O) groups excluding carboxylic acids is 2. The lowest BCUT2D eigenvalue weighted by Gasteiger charge is -2.33. The average Bonchev–Trinajstić information content (AvgIpc) is 2.60. The van der Waals surface area contributed by atoms with Gasteiger partial charge in [0, 0.05) is 24.0 Å². The van der Waals surface area contributed by atoms with E-state index in [1.54, 1.807) is 0 Å². The largest absolute Gasteiger partial charge is 0.349 e. The number of rotatable bonds is 6. The maximum absolute atomic E-state index is 12.7. The minimum Gasteiger partial charge on any atom is -0.349 e. The summed E-state index contributed by atoms with van der Waals surface area (Å²) in [6.45, 7) is 5.43. The molecule has 0 radical (unpaired) electrons. The Morgan fingerprint density at radius 3 is 2.62 bits per heavy atom. The van der Waals surface area contributed by atoms with Crippen molar-refractivity contribution in [3.05, 3.63) is 34.3 Å². The zero-order valence-electron chi connectivity index (χ0n) is 14.6. The first-order valence-electron chi connectivity index (χ1n) is 8.88. The number of piperidine rings is 1. The predicted octanol–water partition coefficient (Wildman–Crippen LogP) is 4.06. The number of nitrogens with zero attached hydrogens (tertiary/aromatic N) is 1. The lowest BCUT2D eigenvalue weighted by atomic mass is 9.95. The fourth-order valence-corrected chi connectivity index (χ4v) is 3.46. The summed E-state index contributed by atoms with van der Waals surface area (Å²) in [6, 6.07) is 8.09. The highest BCUT2D eigenvalue weighted by Gasteiger charge is 2.29. The third kappa shape index (κ3) is 5.07. The maximum Gasteiger partial charge on any atom is 0.225 e. The lowest BCUT2D eigenvalue weighted by molar-refractivity contribution is -0.136. The number of halogens is 1. The summed E-state index contributed by atoms with van der Waals surface area (Å²) in [4.78, 5) is 26.6. The van der Waals surface area contributed by atoms with Gasteiger partial charge in [-0.15, -0.1) is 0 Å². The Morgan fingerprint density at radius 1 is 1.29 bits per heavy atom. The highest BCUT2D eigenvalue weighted by Crippen LogP contribution is 2.22. The van der Waals surface area contributed by atoms with E-state index in [9.17, 15) is 9.59 Å². The highest BCUT2D eigenvalue weighted by atomic mass is 79.9. The fraction of sp³-hybridized carbons (Fsp3) is 0.579. The Hall–Kier alpha value is -1.36. The van der Waals surface area contributed by atoms with Crippen LogP contribution < -0.4 is 5.32 Å². The number of amides is 2. The molecule has 2 atom stereocenters. The van der Waals surface area contributed by atoms with E-state index < -0.39 is 0 Å². The van der Waals surface area contributed by atoms with Crippen molar-refractivity contribution in [3.63, 3.8) is 0 Å². The van der Waals surface area contributed by atoms with Crippen LogP contribution in [0.1, 0.15) is 57.6 Å². The second kappa shape index (κ2) is 9.21. The molecule has 2 rings (SSSR count). The number of nitrogens with one attached hydrogen (secondary N) is 1. The molecule has 0 spiro atoms. The van der Waals surface area contributed by atoms with Crippen LogP contribution in [0.25, 0.3) is 0 Å². The molecule has 24 heavy (non-hydrogen) atoms. The van der Waals surface area contributed by atoms with Gasteiger partial charge in [-0.2, -0.15) is 0 Å². The summed E-state index contributed by atoms with van der Waals surface area (Å²) in [5.41, 5.74) is 1.11. The molecule has 0 unspecified atom stereocenters. The zero-order chi connectivity index (χ0) is 17.5. The van der Waals surface area contributed by atoms with Crippen molar-refractivity contribution in [2.45, 2.75) is 52.0 Å². The van der Waals surface area contributed by atoms with E-state index in [1.807, 2.05) is 36.1 Å². The molecule has 1 fully saturated rings. The van der Waals surface area contributed by atoms with Crippen LogP contribution in [0.4, 0.5) is 0 Å². The molecule has 1 aliphatic rings. The summed E-state index contributed by atoms with van der Waals surface area (Å²) in [5.74, 6) is 0.151. The van der Waals surface area contributed by atoms with Crippen LogP contribution in [-0.4, -0.2) is 29.8 Å². The first kappa shape index (κ1) is 19.0. The Labute approximate surface area is 153 Å². The normalized spacial score (nSPS) is 19.0. The van der Waals surface area contributed by atoms with Gasteiger partial charge in [-0.25, -0.2) is 0 Å². The molecule has 1 N–H and O–H groups in total. The van der Waals surface area contributed by atoms with Crippen molar-refractivity contribution in [2.24, 2.45) is 5.92 Å². The fourth-order valence-electron chi connectivity index (χ4n) is 3.20. The van der Waals surface area contributed by atoms with Gasteiger partial charge in [0.1, 0.15) is 0 Å². The summed E-state index contributed by atoms with van der Waals surface area (Å²) >= 11 is 3.44. The predicted molar refractivity (Wildman–Crippen MR) is 99.5 cm³/mol. The highest BCUT2D eigenvalue weighted by molar-refractivity contribution is 9.10. The van der Waals surface area contributed by atoms with Gasteiger partial charge in [-0.05, 0) is 43.4 Å². The number of hydrogen-bond acceptors (Lipinski definition) is 2. The van der Waals surface area contributed by atoms with Crippen LogP contribution in [0, 0.1) is 5.92 Å². The number of carbonyl (C=O) groups is 2. The zero-order valence-corrected chi connectivity index (χ0v) is 16.1. The molecular formula is C19H27BrN2O2. The van der Waals surface area contributed by atoms with Gasteiger partial charge in [0.2, 0.25) is 11.8 Å². The van der Waals surface area contributed by atoms with Gasteiger partial charge in [0.05, 0.1) is 12.0 Å². The van der Waals surface area contributed by atoms with Gasteiger partial charge >= 0.3 is 0 Å². The van der Waals surface area contributed by atoms with Gasteiger partial charge in [0.15, 0.2) is 0 Å². The van der Waals surface area contributed by atoms with Crippen molar-refractivity contribution >= 4 is 27.7 Å². The first-order chi connectivity index (χ1) is 11.5. The molecule has 0 aliphatic carbocycles. The van der Waals surface area contributed by atoms with Crippen LogP contribution in [0.5, 0.6) is 0 Å². The maximum atomic E-state index is 12.7. The SMILES string of the molecule is CCCC(=O)N1CCC[C@H](C(=O)N[C@H](CC)c2ccc(Br)cc2)C1. The first-order valence-corrected chi connectivity index (χ1v) is 9.68.